The third-order valence-electron chi connectivity index (χ3n) is 4.24. The summed E-state index contributed by atoms with van der Waals surface area (Å²) in [5, 5.41) is 12.6. The molecule has 3 N–H and O–H groups in total. The first-order valence-corrected chi connectivity index (χ1v) is 10.6. The van der Waals surface area contributed by atoms with Gasteiger partial charge in [0.05, 0.1) is 11.4 Å². The fourth-order valence-electron chi connectivity index (χ4n) is 2.80. The highest BCUT2D eigenvalue weighted by molar-refractivity contribution is 7.90. The highest BCUT2D eigenvalue weighted by Crippen LogP contribution is 2.22. The van der Waals surface area contributed by atoms with E-state index in [1.54, 1.807) is 24.3 Å². The van der Waals surface area contributed by atoms with Crippen LogP contribution in [0.2, 0.25) is 0 Å². The van der Waals surface area contributed by atoms with Crippen LogP contribution in [0.1, 0.15) is 17.5 Å². The molecular formula is C20H23N3O5S. The van der Waals surface area contributed by atoms with Gasteiger partial charge in [0, 0.05) is 18.5 Å². The number of rotatable bonds is 8. The number of aliphatic imine (C=N–C) groups is 1. The van der Waals surface area contributed by atoms with Crippen molar-refractivity contribution in [2.45, 2.75) is 24.3 Å². The summed E-state index contributed by atoms with van der Waals surface area (Å²) in [4.78, 5) is 16.3. The molecule has 8 nitrogen and oxygen atoms in total. The summed E-state index contributed by atoms with van der Waals surface area (Å²) in [6, 6.07) is 14.0. The lowest BCUT2D eigenvalue weighted by Gasteiger charge is -2.13. The lowest BCUT2D eigenvalue weighted by molar-refractivity contribution is -0.121. The molecule has 0 aliphatic carbocycles. The van der Waals surface area contributed by atoms with E-state index in [1.807, 2.05) is 25.1 Å². The van der Waals surface area contributed by atoms with Gasteiger partial charge < -0.3 is 15.2 Å². The minimum absolute atomic E-state index is 0.0523. The van der Waals surface area contributed by atoms with E-state index in [4.69, 9.17) is 4.74 Å². The number of aryl methyl sites for hydroxylation is 1. The highest BCUT2D eigenvalue weighted by atomic mass is 32.2. The van der Waals surface area contributed by atoms with Crippen molar-refractivity contribution in [1.82, 2.24) is 10.0 Å². The maximum atomic E-state index is 12.0. The zero-order chi connectivity index (χ0) is 20.9. The largest absolute Gasteiger partial charge is 0.491 e. The standard InChI is InChI=1S/C20H23N3O5S/c1-14-5-4-6-16(11-14)28-13-15(24)12-22-19(25)9-10-21-20-17-7-2-3-8-18(17)29(26,27)23-20/h2-8,11,15,24H,9-10,12-13H2,1H3,(H,21,23)(H,22,25). The molecule has 0 aromatic heterocycles. The summed E-state index contributed by atoms with van der Waals surface area (Å²) < 4.78 is 31.9. The second-order valence-electron chi connectivity index (χ2n) is 6.67. The lowest BCUT2D eigenvalue weighted by Crippen LogP contribution is -2.35. The Hall–Kier alpha value is -2.91. The van der Waals surface area contributed by atoms with E-state index in [9.17, 15) is 18.3 Å². The Kier molecular flexibility index (Phi) is 6.50. The second kappa shape index (κ2) is 9.06. The highest BCUT2D eigenvalue weighted by Gasteiger charge is 2.29. The molecule has 0 saturated carbocycles. The third kappa shape index (κ3) is 5.55. The zero-order valence-electron chi connectivity index (χ0n) is 16.0. The molecule has 29 heavy (non-hydrogen) atoms. The van der Waals surface area contributed by atoms with E-state index in [0.717, 1.165) is 5.56 Å². The quantitative estimate of drug-likeness (QED) is 0.592. The Labute approximate surface area is 169 Å². The van der Waals surface area contributed by atoms with Gasteiger partial charge in [-0.05, 0) is 36.8 Å². The van der Waals surface area contributed by atoms with Gasteiger partial charge in [-0.15, -0.1) is 0 Å². The number of benzene rings is 2. The lowest BCUT2D eigenvalue weighted by atomic mass is 10.2. The first-order chi connectivity index (χ1) is 13.8. The fraction of sp³-hybridized carbons (Fsp3) is 0.300. The van der Waals surface area contributed by atoms with Gasteiger partial charge in [-0.3, -0.25) is 14.5 Å². The van der Waals surface area contributed by atoms with Crippen LogP contribution in [0.15, 0.2) is 58.4 Å². The molecule has 1 atom stereocenters. The van der Waals surface area contributed by atoms with Crippen LogP contribution in [-0.4, -0.2) is 51.1 Å². The number of amides is 1. The predicted molar refractivity (Wildman–Crippen MR) is 108 cm³/mol. The number of aliphatic hydroxyl groups is 1. The number of nitrogens with one attached hydrogen (secondary N) is 2. The molecule has 2 aromatic rings. The smallest absolute Gasteiger partial charge is 0.263 e. The number of hydrogen-bond donors (Lipinski definition) is 3. The SMILES string of the molecule is Cc1cccc(OCC(O)CNC(=O)CCN=C2NS(=O)(=O)c3ccccc32)c1. The monoisotopic (exact) mass is 417 g/mol. The topological polar surface area (TPSA) is 117 Å². The van der Waals surface area contributed by atoms with Crippen molar-refractivity contribution in [2.24, 2.45) is 4.99 Å². The van der Waals surface area contributed by atoms with E-state index in [0.29, 0.717) is 11.3 Å². The molecule has 0 bridgehead atoms. The van der Waals surface area contributed by atoms with Crippen molar-refractivity contribution < 1.29 is 23.1 Å². The average Bonchev–Trinajstić information content (AvgIpc) is 2.95. The number of amidine groups is 1. The van der Waals surface area contributed by atoms with Crippen LogP contribution in [0.3, 0.4) is 0 Å². The summed E-state index contributed by atoms with van der Waals surface area (Å²) in [5.41, 5.74) is 1.55. The van der Waals surface area contributed by atoms with Crippen molar-refractivity contribution in [3.63, 3.8) is 0 Å². The van der Waals surface area contributed by atoms with E-state index >= 15 is 0 Å². The normalized spacial score (nSPS) is 16.7. The van der Waals surface area contributed by atoms with E-state index in [2.05, 4.69) is 15.0 Å². The van der Waals surface area contributed by atoms with Crippen LogP contribution >= 0.6 is 0 Å². The van der Waals surface area contributed by atoms with Crippen LogP contribution in [0.4, 0.5) is 0 Å². The van der Waals surface area contributed by atoms with Crippen LogP contribution in [0, 0.1) is 6.92 Å². The van der Waals surface area contributed by atoms with Crippen LogP contribution < -0.4 is 14.8 Å². The molecule has 0 radical (unpaired) electrons. The molecule has 1 unspecified atom stereocenters. The first kappa shape index (κ1) is 20.8. The Morgan fingerprint density at radius 1 is 1.24 bits per heavy atom. The predicted octanol–water partition coefficient (Wildman–Crippen LogP) is 0.980. The summed E-state index contributed by atoms with van der Waals surface area (Å²) in [6.45, 7) is 2.18. The van der Waals surface area contributed by atoms with E-state index < -0.39 is 16.1 Å². The summed E-state index contributed by atoms with van der Waals surface area (Å²) in [7, 11) is -3.59. The van der Waals surface area contributed by atoms with E-state index in [-0.39, 0.29) is 42.8 Å². The van der Waals surface area contributed by atoms with Crippen molar-refractivity contribution in [2.75, 3.05) is 19.7 Å². The number of carbonyl (C=O) groups excluding carboxylic acids is 1. The maximum absolute atomic E-state index is 12.0. The van der Waals surface area contributed by atoms with E-state index in [1.165, 1.54) is 6.07 Å². The summed E-state index contributed by atoms with van der Waals surface area (Å²) >= 11 is 0. The summed E-state index contributed by atoms with van der Waals surface area (Å²) in [6.07, 6.45) is -0.780. The number of nitrogens with zero attached hydrogens (tertiary/aromatic N) is 1. The van der Waals surface area contributed by atoms with Crippen molar-refractivity contribution >= 4 is 21.8 Å². The minimum atomic E-state index is -3.59. The summed E-state index contributed by atoms with van der Waals surface area (Å²) in [5.74, 6) is 0.601. The molecule has 0 fully saturated rings. The molecule has 0 spiro atoms. The molecule has 2 aromatic carbocycles. The Morgan fingerprint density at radius 3 is 2.83 bits per heavy atom. The van der Waals surface area contributed by atoms with Gasteiger partial charge in [-0.25, -0.2) is 8.42 Å². The molecule has 1 aliphatic rings. The number of aliphatic hydroxyl groups excluding tert-OH is 1. The minimum Gasteiger partial charge on any atom is -0.491 e. The Bertz CT molecular complexity index is 1020. The zero-order valence-corrected chi connectivity index (χ0v) is 16.8. The van der Waals surface area contributed by atoms with Gasteiger partial charge in [0.1, 0.15) is 24.3 Å². The second-order valence-corrected chi connectivity index (χ2v) is 8.32. The van der Waals surface area contributed by atoms with Gasteiger partial charge in [-0.2, -0.15) is 0 Å². The first-order valence-electron chi connectivity index (χ1n) is 9.16. The number of ether oxygens (including phenoxy) is 1. The van der Waals surface area contributed by atoms with Gasteiger partial charge in [-0.1, -0.05) is 24.3 Å². The Balaban J connectivity index is 1.42. The van der Waals surface area contributed by atoms with Crippen LogP contribution in [0.25, 0.3) is 0 Å². The molecule has 9 heteroatoms. The molecule has 1 amide bonds. The van der Waals surface area contributed by atoms with Gasteiger partial charge in [0.25, 0.3) is 10.0 Å². The number of hydrogen-bond acceptors (Lipinski definition) is 6. The van der Waals surface area contributed by atoms with Gasteiger partial charge >= 0.3 is 0 Å². The number of fused-ring (bicyclic) bond motifs is 1. The average molecular weight is 417 g/mol. The molecule has 3 rings (SSSR count). The van der Waals surface area contributed by atoms with Gasteiger partial charge in [0.15, 0.2) is 0 Å². The molecule has 1 aliphatic heterocycles. The maximum Gasteiger partial charge on any atom is 0.263 e. The molecule has 0 saturated heterocycles. The fourth-order valence-corrected chi connectivity index (χ4v) is 4.05. The number of carbonyl (C=O) groups is 1. The molecule has 1 heterocycles. The van der Waals surface area contributed by atoms with Crippen molar-refractivity contribution in [3.05, 3.63) is 59.7 Å². The van der Waals surface area contributed by atoms with Crippen molar-refractivity contribution in [1.29, 1.82) is 0 Å². The Morgan fingerprint density at radius 2 is 2.03 bits per heavy atom. The molecule has 154 valence electrons. The third-order valence-corrected chi connectivity index (χ3v) is 5.64. The number of sulfonamides is 1. The van der Waals surface area contributed by atoms with Gasteiger partial charge in [0.2, 0.25) is 5.91 Å². The van der Waals surface area contributed by atoms with Crippen LogP contribution in [-0.2, 0) is 14.8 Å². The molecular weight excluding hydrogens is 394 g/mol. The van der Waals surface area contributed by atoms with Crippen molar-refractivity contribution in [3.8, 4) is 5.75 Å². The van der Waals surface area contributed by atoms with Crippen LogP contribution in [0.5, 0.6) is 5.75 Å².